The Kier molecular flexibility index (Phi) is 5.67. The Balaban J connectivity index is 1.52. The molecule has 0 saturated carbocycles. The van der Waals surface area contributed by atoms with Crippen LogP contribution in [0.1, 0.15) is 33.0 Å². The van der Waals surface area contributed by atoms with E-state index < -0.39 is 11.6 Å². The molecule has 9 heteroatoms. The molecule has 3 aromatic rings. The molecule has 0 unspecified atom stereocenters. The maximum atomic E-state index is 13.7. The molecular formula is C17H17F2N5OS. The van der Waals surface area contributed by atoms with E-state index in [-0.39, 0.29) is 23.7 Å². The predicted molar refractivity (Wildman–Crippen MR) is 93.0 cm³/mol. The molecule has 2 aromatic heterocycles. The van der Waals surface area contributed by atoms with Crippen LogP contribution >= 0.6 is 11.3 Å². The number of hydrogen-bond donors (Lipinski definition) is 1. The zero-order valence-electron chi connectivity index (χ0n) is 14.1. The number of carbonyl (C=O) groups is 1. The van der Waals surface area contributed by atoms with Crippen molar-refractivity contribution in [2.24, 2.45) is 0 Å². The second kappa shape index (κ2) is 8.13. The number of halogens is 2. The van der Waals surface area contributed by atoms with Crippen LogP contribution in [0.15, 0.2) is 29.9 Å². The van der Waals surface area contributed by atoms with Gasteiger partial charge in [0.2, 0.25) is 0 Å². The van der Waals surface area contributed by atoms with E-state index in [0.717, 1.165) is 18.5 Å². The quantitative estimate of drug-likeness (QED) is 0.643. The number of rotatable bonds is 7. The van der Waals surface area contributed by atoms with Gasteiger partial charge >= 0.3 is 0 Å². The van der Waals surface area contributed by atoms with Crippen LogP contribution in [-0.2, 0) is 13.0 Å². The number of thiazole rings is 1. The minimum absolute atomic E-state index is 0.107. The van der Waals surface area contributed by atoms with Crippen molar-refractivity contribution in [3.05, 3.63) is 63.4 Å². The van der Waals surface area contributed by atoms with Crippen molar-refractivity contribution in [3.8, 4) is 0 Å². The SMILES string of the molecule is Cc1ncsc1CCCNC(=O)c1cn(Cc2c(F)cccc2F)nn1. The first kappa shape index (κ1) is 18.1. The van der Waals surface area contributed by atoms with Gasteiger partial charge in [-0.15, -0.1) is 16.4 Å². The summed E-state index contributed by atoms with van der Waals surface area (Å²) in [5.41, 5.74) is 2.81. The van der Waals surface area contributed by atoms with Crippen LogP contribution in [0.2, 0.25) is 0 Å². The molecule has 2 heterocycles. The van der Waals surface area contributed by atoms with E-state index in [4.69, 9.17) is 0 Å². The fraction of sp³-hybridized carbons (Fsp3) is 0.294. The first-order valence-corrected chi connectivity index (χ1v) is 8.92. The molecule has 0 radical (unpaired) electrons. The third-order valence-electron chi connectivity index (χ3n) is 3.86. The summed E-state index contributed by atoms with van der Waals surface area (Å²) in [5.74, 6) is -1.69. The molecule has 0 atom stereocenters. The molecule has 0 saturated heterocycles. The average Bonchev–Trinajstić information content (AvgIpc) is 3.24. The average molecular weight is 377 g/mol. The molecule has 1 aromatic carbocycles. The number of amides is 1. The van der Waals surface area contributed by atoms with Crippen molar-refractivity contribution in [3.63, 3.8) is 0 Å². The van der Waals surface area contributed by atoms with E-state index in [1.807, 2.05) is 6.92 Å². The van der Waals surface area contributed by atoms with Gasteiger partial charge in [0.1, 0.15) is 11.6 Å². The zero-order valence-corrected chi connectivity index (χ0v) is 14.9. The summed E-state index contributed by atoms with van der Waals surface area (Å²) in [5, 5.41) is 10.3. The van der Waals surface area contributed by atoms with Gasteiger partial charge in [0.15, 0.2) is 5.69 Å². The van der Waals surface area contributed by atoms with Gasteiger partial charge in [-0.25, -0.2) is 18.4 Å². The number of nitrogens with zero attached hydrogens (tertiary/aromatic N) is 4. The van der Waals surface area contributed by atoms with Crippen molar-refractivity contribution in [2.45, 2.75) is 26.3 Å². The monoisotopic (exact) mass is 377 g/mol. The third-order valence-corrected chi connectivity index (χ3v) is 4.86. The molecule has 1 N–H and O–H groups in total. The smallest absolute Gasteiger partial charge is 0.273 e. The zero-order chi connectivity index (χ0) is 18.5. The molecule has 6 nitrogen and oxygen atoms in total. The Bertz CT molecular complexity index is 888. The van der Waals surface area contributed by atoms with Gasteiger partial charge in [-0.05, 0) is 31.9 Å². The van der Waals surface area contributed by atoms with Crippen LogP contribution in [0.4, 0.5) is 8.78 Å². The lowest BCUT2D eigenvalue weighted by atomic mass is 10.2. The maximum Gasteiger partial charge on any atom is 0.273 e. The van der Waals surface area contributed by atoms with Crippen LogP contribution in [-0.4, -0.2) is 32.4 Å². The molecule has 3 rings (SSSR count). The highest BCUT2D eigenvalue weighted by molar-refractivity contribution is 7.09. The van der Waals surface area contributed by atoms with Crippen LogP contribution in [0, 0.1) is 18.6 Å². The molecule has 0 aliphatic rings. The fourth-order valence-electron chi connectivity index (χ4n) is 2.43. The normalized spacial score (nSPS) is 10.9. The van der Waals surface area contributed by atoms with E-state index >= 15 is 0 Å². The van der Waals surface area contributed by atoms with Crippen molar-refractivity contribution < 1.29 is 13.6 Å². The molecule has 26 heavy (non-hydrogen) atoms. The molecule has 136 valence electrons. The molecule has 0 aliphatic heterocycles. The van der Waals surface area contributed by atoms with Crippen molar-refractivity contribution in [2.75, 3.05) is 6.54 Å². The molecule has 0 fully saturated rings. The lowest BCUT2D eigenvalue weighted by Gasteiger charge is -2.04. The summed E-state index contributed by atoms with van der Waals surface area (Å²) >= 11 is 1.60. The Morgan fingerprint density at radius 2 is 2.08 bits per heavy atom. The van der Waals surface area contributed by atoms with Gasteiger partial charge in [0.25, 0.3) is 5.91 Å². The fourth-order valence-corrected chi connectivity index (χ4v) is 3.26. The first-order valence-electron chi connectivity index (χ1n) is 8.05. The minimum Gasteiger partial charge on any atom is -0.351 e. The van der Waals surface area contributed by atoms with Crippen molar-refractivity contribution in [1.29, 1.82) is 0 Å². The van der Waals surface area contributed by atoms with Gasteiger partial charge in [0, 0.05) is 17.0 Å². The maximum absolute atomic E-state index is 13.7. The predicted octanol–water partition coefficient (Wildman–Crippen LogP) is 2.73. The number of aromatic nitrogens is 4. The van der Waals surface area contributed by atoms with Gasteiger partial charge in [0.05, 0.1) is 23.9 Å². The number of benzene rings is 1. The van der Waals surface area contributed by atoms with E-state index in [1.54, 1.807) is 16.8 Å². The highest BCUT2D eigenvalue weighted by atomic mass is 32.1. The Morgan fingerprint density at radius 1 is 1.31 bits per heavy atom. The molecule has 1 amide bonds. The Hall–Kier alpha value is -2.68. The van der Waals surface area contributed by atoms with Gasteiger partial charge in [-0.2, -0.15) is 0 Å². The van der Waals surface area contributed by atoms with Crippen LogP contribution in [0.3, 0.4) is 0 Å². The van der Waals surface area contributed by atoms with Gasteiger partial charge in [-0.1, -0.05) is 11.3 Å². The third kappa shape index (κ3) is 4.29. The number of hydrogen-bond acceptors (Lipinski definition) is 5. The summed E-state index contributed by atoms with van der Waals surface area (Å²) in [4.78, 5) is 17.5. The first-order chi connectivity index (χ1) is 12.5. The lowest BCUT2D eigenvalue weighted by Crippen LogP contribution is -2.25. The summed E-state index contributed by atoms with van der Waals surface area (Å²) in [6.07, 6.45) is 2.99. The Morgan fingerprint density at radius 3 is 2.77 bits per heavy atom. The molecule has 0 spiro atoms. The van der Waals surface area contributed by atoms with Gasteiger partial charge in [-0.3, -0.25) is 4.79 Å². The van der Waals surface area contributed by atoms with Crippen LogP contribution < -0.4 is 5.32 Å². The standard InChI is InChI=1S/C17H17F2N5OS/c1-11-16(26-10-21-11)6-3-7-20-17(25)15-9-24(23-22-15)8-12-13(18)4-2-5-14(12)19/h2,4-5,9-10H,3,6-8H2,1H3,(H,20,25). The van der Waals surface area contributed by atoms with Gasteiger partial charge < -0.3 is 5.32 Å². The summed E-state index contributed by atoms with van der Waals surface area (Å²) < 4.78 is 28.6. The second-order valence-corrected chi connectivity index (χ2v) is 6.66. The lowest BCUT2D eigenvalue weighted by molar-refractivity contribution is 0.0948. The molecule has 0 bridgehead atoms. The minimum atomic E-state index is -0.662. The van der Waals surface area contributed by atoms with E-state index in [9.17, 15) is 13.6 Å². The molecular weight excluding hydrogens is 360 g/mol. The molecule has 0 aliphatic carbocycles. The topological polar surface area (TPSA) is 72.7 Å². The number of carbonyl (C=O) groups excluding carboxylic acids is 1. The van der Waals surface area contributed by atoms with Crippen molar-refractivity contribution >= 4 is 17.2 Å². The largest absolute Gasteiger partial charge is 0.351 e. The highest BCUT2D eigenvalue weighted by Crippen LogP contribution is 2.14. The van der Waals surface area contributed by atoms with Crippen molar-refractivity contribution in [1.82, 2.24) is 25.3 Å². The Labute approximate surface area is 152 Å². The van der Waals surface area contributed by atoms with E-state index in [0.29, 0.717) is 6.54 Å². The summed E-state index contributed by atoms with van der Waals surface area (Å²) in [6.45, 7) is 2.32. The summed E-state index contributed by atoms with van der Waals surface area (Å²) in [7, 11) is 0. The second-order valence-electron chi connectivity index (χ2n) is 5.72. The summed E-state index contributed by atoms with van der Waals surface area (Å²) in [6, 6.07) is 3.64. The number of nitrogens with one attached hydrogen (secondary N) is 1. The van der Waals surface area contributed by atoms with Crippen LogP contribution in [0.25, 0.3) is 0 Å². The van der Waals surface area contributed by atoms with E-state index in [2.05, 4.69) is 20.6 Å². The highest BCUT2D eigenvalue weighted by Gasteiger charge is 2.13. The number of aryl methyl sites for hydroxylation is 2. The van der Waals surface area contributed by atoms with Crippen LogP contribution in [0.5, 0.6) is 0 Å². The van der Waals surface area contributed by atoms with E-state index in [1.165, 1.54) is 34.0 Å².